The standard InChI is InChI=1S/C28H29N3O4/c1-17(18-7-9-20(34-2)10-8-18)31-16-28-13-11-23(35-28)24(25(28)27(31)33)26(32)29-14-12-19-15-30-22-6-4-3-5-21(19)22/h3-11,13,15,17,23-25,30H,12,14,16H2,1-2H3,(H,29,32)/t17-,23-,24+,25+,28-/m0/s1. The third kappa shape index (κ3) is 3.45. The van der Waals surface area contributed by atoms with Crippen molar-refractivity contribution in [1.29, 1.82) is 0 Å². The van der Waals surface area contributed by atoms with Crippen LogP contribution < -0.4 is 10.1 Å². The van der Waals surface area contributed by atoms with Crippen LogP contribution in [0.25, 0.3) is 10.9 Å². The van der Waals surface area contributed by atoms with Gasteiger partial charge in [0, 0.05) is 23.6 Å². The number of fused-ring (bicyclic) bond motifs is 2. The zero-order valence-corrected chi connectivity index (χ0v) is 19.9. The van der Waals surface area contributed by atoms with Gasteiger partial charge in [0.15, 0.2) is 0 Å². The predicted octanol–water partition coefficient (Wildman–Crippen LogP) is 3.38. The molecule has 2 aromatic carbocycles. The first-order chi connectivity index (χ1) is 17.0. The smallest absolute Gasteiger partial charge is 0.230 e. The van der Waals surface area contributed by atoms with Gasteiger partial charge < -0.3 is 24.7 Å². The number of H-pyrrole nitrogens is 1. The fourth-order valence-electron chi connectivity index (χ4n) is 5.99. The van der Waals surface area contributed by atoms with Crippen molar-refractivity contribution in [2.45, 2.75) is 31.1 Å². The van der Waals surface area contributed by atoms with Crippen LogP contribution in [0.3, 0.4) is 0 Å². The number of benzene rings is 2. The van der Waals surface area contributed by atoms with Crippen LogP contribution in [0.5, 0.6) is 5.75 Å². The number of methoxy groups -OCH3 is 1. The molecule has 180 valence electrons. The zero-order chi connectivity index (χ0) is 24.2. The summed E-state index contributed by atoms with van der Waals surface area (Å²) >= 11 is 0. The molecule has 2 amide bonds. The SMILES string of the molecule is COc1ccc([C@H](C)N2C[C@]34C=C[C@H](O3)[C@@H](C(=O)NCCc3c[nH]c5ccccc35)[C@@H]4C2=O)cc1. The van der Waals surface area contributed by atoms with Gasteiger partial charge in [-0.3, -0.25) is 9.59 Å². The second kappa shape index (κ2) is 8.27. The summed E-state index contributed by atoms with van der Waals surface area (Å²) in [6.45, 7) is 2.98. The van der Waals surface area contributed by atoms with Crippen LogP contribution in [0, 0.1) is 11.8 Å². The van der Waals surface area contributed by atoms with Crippen molar-refractivity contribution < 1.29 is 19.1 Å². The van der Waals surface area contributed by atoms with Gasteiger partial charge >= 0.3 is 0 Å². The Morgan fingerprint density at radius 1 is 1.26 bits per heavy atom. The fourth-order valence-corrected chi connectivity index (χ4v) is 5.99. The van der Waals surface area contributed by atoms with Crippen molar-refractivity contribution in [2.24, 2.45) is 11.8 Å². The molecule has 2 saturated heterocycles. The Morgan fingerprint density at radius 3 is 2.86 bits per heavy atom. The van der Waals surface area contributed by atoms with E-state index in [1.165, 1.54) is 5.39 Å². The molecule has 3 aliphatic heterocycles. The van der Waals surface area contributed by atoms with Gasteiger partial charge in [-0.05, 0) is 42.7 Å². The van der Waals surface area contributed by atoms with Crippen molar-refractivity contribution in [1.82, 2.24) is 15.2 Å². The van der Waals surface area contributed by atoms with E-state index in [0.717, 1.165) is 22.4 Å². The highest BCUT2D eigenvalue weighted by Crippen LogP contribution is 2.53. The quantitative estimate of drug-likeness (QED) is 0.518. The Hall–Kier alpha value is -3.58. The molecule has 1 aromatic heterocycles. The van der Waals surface area contributed by atoms with Gasteiger partial charge in [-0.25, -0.2) is 0 Å². The minimum atomic E-state index is -0.721. The van der Waals surface area contributed by atoms with Crippen molar-refractivity contribution in [2.75, 3.05) is 20.2 Å². The largest absolute Gasteiger partial charge is 0.497 e. The molecule has 3 aromatic rings. The summed E-state index contributed by atoms with van der Waals surface area (Å²) in [5, 5.41) is 4.25. The van der Waals surface area contributed by atoms with Crippen LogP contribution in [-0.2, 0) is 20.7 Å². The van der Waals surface area contributed by atoms with Crippen molar-refractivity contribution in [3.8, 4) is 5.75 Å². The maximum atomic E-state index is 13.6. The lowest BCUT2D eigenvalue weighted by molar-refractivity contribution is -0.138. The third-order valence-corrected chi connectivity index (χ3v) is 7.87. The second-order valence-corrected chi connectivity index (χ2v) is 9.72. The van der Waals surface area contributed by atoms with E-state index < -0.39 is 17.4 Å². The molecule has 2 N–H and O–H groups in total. The lowest BCUT2D eigenvalue weighted by atomic mass is 9.77. The van der Waals surface area contributed by atoms with E-state index >= 15 is 0 Å². The highest BCUT2D eigenvalue weighted by Gasteiger charge is 2.67. The van der Waals surface area contributed by atoms with Gasteiger partial charge in [-0.1, -0.05) is 42.5 Å². The van der Waals surface area contributed by atoms with E-state index in [1.807, 2.05) is 72.6 Å². The average Bonchev–Trinajstić information content (AvgIpc) is 3.63. The van der Waals surface area contributed by atoms with Gasteiger partial charge in [0.1, 0.15) is 11.4 Å². The third-order valence-electron chi connectivity index (χ3n) is 7.87. The normalized spacial score (nSPS) is 27.4. The number of para-hydroxylation sites is 1. The first kappa shape index (κ1) is 21.9. The summed E-state index contributed by atoms with van der Waals surface area (Å²) in [4.78, 5) is 32.1. The number of ether oxygens (including phenoxy) is 2. The molecule has 0 unspecified atom stereocenters. The Morgan fingerprint density at radius 2 is 2.06 bits per heavy atom. The Bertz CT molecular complexity index is 1310. The Labute approximate surface area is 204 Å². The summed E-state index contributed by atoms with van der Waals surface area (Å²) in [6.07, 6.45) is 6.31. The maximum Gasteiger partial charge on any atom is 0.230 e. The Balaban J connectivity index is 1.16. The summed E-state index contributed by atoms with van der Waals surface area (Å²) in [6, 6.07) is 15.8. The molecule has 7 heteroatoms. The maximum absolute atomic E-state index is 13.6. The van der Waals surface area contributed by atoms with E-state index in [4.69, 9.17) is 9.47 Å². The highest BCUT2D eigenvalue weighted by molar-refractivity contribution is 5.93. The van der Waals surface area contributed by atoms with Crippen LogP contribution in [0.1, 0.15) is 24.1 Å². The minimum Gasteiger partial charge on any atom is -0.497 e. The van der Waals surface area contributed by atoms with Gasteiger partial charge in [-0.2, -0.15) is 0 Å². The number of nitrogens with zero attached hydrogens (tertiary/aromatic N) is 1. The van der Waals surface area contributed by atoms with Crippen LogP contribution in [0.4, 0.5) is 0 Å². The first-order valence-electron chi connectivity index (χ1n) is 12.1. The van der Waals surface area contributed by atoms with Crippen LogP contribution >= 0.6 is 0 Å². The number of amides is 2. The van der Waals surface area contributed by atoms with Crippen LogP contribution in [0.2, 0.25) is 0 Å². The van der Waals surface area contributed by atoms with E-state index in [1.54, 1.807) is 7.11 Å². The number of likely N-dealkylation sites (tertiary alicyclic amines) is 1. The molecule has 0 saturated carbocycles. The van der Waals surface area contributed by atoms with Crippen LogP contribution in [-0.4, -0.2) is 53.6 Å². The van der Waals surface area contributed by atoms with Gasteiger partial charge in [0.2, 0.25) is 11.8 Å². The molecule has 35 heavy (non-hydrogen) atoms. The second-order valence-electron chi connectivity index (χ2n) is 9.72. The summed E-state index contributed by atoms with van der Waals surface area (Å²) < 4.78 is 11.5. The van der Waals surface area contributed by atoms with Gasteiger partial charge in [0.25, 0.3) is 0 Å². The van der Waals surface area contributed by atoms with Gasteiger partial charge in [-0.15, -0.1) is 0 Å². The van der Waals surface area contributed by atoms with Crippen molar-refractivity contribution in [3.63, 3.8) is 0 Å². The lowest BCUT2D eigenvalue weighted by Crippen LogP contribution is -2.44. The molecule has 7 nitrogen and oxygen atoms in total. The number of hydrogen-bond acceptors (Lipinski definition) is 4. The topological polar surface area (TPSA) is 83.7 Å². The monoisotopic (exact) mass is 471 g/mol. The summed E-state index contributed by atoms with van der Waals surface area (Å²) in [7, 11) is 1.63. The highest BCUT2D eigenvalue weighted by atomic mass is 16.5. The minimum absolute atomic E-state index is 0.0167. The van der Waals surface area contributed by atoms with Crippen LogP contribution in [0.15, 0.2) is 66.9 Å². The molecule has 0 aliphatic carbocycles. The molecular weight excluding hydrogens is 442 g/mol. The predicted molar refractivity (Wildman–Crippen MR) is 132 cm³/mol. The average molecular weight is 472 g/mol. The molecule has 2 bridgehead atoms. The molecule has 5 atom stereocenters. The van der Waals surface area contributed by atoms with Gasteiger partial charge in [0.05, 0.1) is 37.6 Å². The number of rotatable bonds is 7. The number of aromatic nitrogens is 1. The molecule has 1 spiro atoms. The van der Waals surface area contributed by atoms with Crippen molar-refractivity contribution in [3.05, 3.63) is 78.0 Å². The fraction of sp³-hybridized carbons (Fsp3) is 0.357. The zero-order valence-electron chi connectivity index (χ0n) is 19.9. The molecule has 3 aliphatic rings. The number of carbonyl (C=O) groups excluding carboxylic acids is 2. The summed E-state index contributed by atoms with van der Waals surface area (Å²) in [5.41, 5.74) is 2.55. The lowest BCUT2D eigenvalue weighted by Gasteiger charge is -2.28. The van der Waals surface area contributed by atoms with E-state index in [9.17, 15) is 9.59 Å². The number of nitrogens with one attached hydrogen (secondary N) is 2. The van der Waals surface area contributed by atoms with E-state index in [-0.39, 0.29) is 24.0 Å². The number of hydrogen-bond donors (Lipinski definition) is 2. The summed E-state index contributed by atoms with van der Waals surface area (Å²) in [5.74, 6) is -0.358. The molecule has 2 fully saturated rings. The molecule has 6 rings (SSSR count). The number of aromatic amines is 1. The molecule has 4 heterocycles. The van der Waals surface area contributed by atoms with E-state index in [0.29, 0.717) is 19.5 Å². The van der Waals surface area contributed by atoms with E-state index in [2.05, 4.69) is 16.4 Å². The number of carbonyl (C=O) groups is 2. The van der Waals surface area contributed by atoms with Crippen molar-refractivity contribution >= 4 is 22.7 Å². The first-order valence-corrected chi connectivity index (χ1v) is 12.1. The Kier molecular flexibility index (Phi) is 5.18. The molecular formula is C28H29N3O4. The molecule has 0 radical (unpaired) electrons.